The summed E-state index contributed by atoms with van der Waals surface area (Å²) in [6, 6.07) is 10.2. The third kappa shape index (κ3) is 4.87. The number of hydrogen-bond acceptors (Lipinski definition) is 5. The van der Waals surface area contributed by atoms with Crippen LogP contribution in [0.1, 0.15) is 12.0 Å². The number of imidazole rings is 1. The zero-order valence-corrected chi connectivity index (χ0v) is 17.3. The topological polar surface area (TPSA) is 81.9 Å². The molecule has 0 aliphatic carbocycles. The molecule has 0 fully saturated rings. The van der Waals surface area contributed by atoms with Gasteiger partial charge in [-0.3, -0.25) is 14.3 Å². The number of H-pyrrole nitrogens is 1. The Morgan fingerprint density at radius 3 is 2.75 bits per heavy atom. The largest absolute Gasteiger partial charge is 0.379 e. The van der Waals surface area contributed by atoms with Gasteiger partial charge in [-0.15, -0.1) is 11.6 Å². The van der Waals surface area contributed by atoms with E-state index in [9.17, 15) is 9.59 Å². The molecule has 0 saturated heterocycles. The first kappa shape index (κ1) is 20.7. The van der Waals surface area contributed by atoms with Crippen LogP contribution in [-0.2, 0) is 24.8 Å². The van der Waals surface area contributed by atoms with Crippen molar-refractivity contribution in [3.8, 4) is 0 Å². The van der Waals surface area contributed by atoms with Gasteiger partial charge in [0.25, 0.3) is 5.56 Å². The van der Waals surface area contributed by atoms with Crippen molar-refractivity contribution in [2.24, 2.45) is 7.05 Å². The molecular weight excluding hydrogens is 400 g/mol. The second kappa shape index (κ2) is 9.95. The number of aryl methyl sites for hydroxylation is 3. The van der Waals surface area contributed by atoms with E-state index in [4.69, 9.17) is 16.3 Å². The number of benzene rings is 1. The summed E-state index contributed by atoms with van der Waals surface area (Å²) in [7, 11) is 1.61. The van der Waals surface area contributed by atoms with Gasteiger partial charge in [0.05, 0.1) is 13.2 Å². The summed E-state index contributed by atoms with van der Waals surface area (Å²) in [6.07, 6.45) is 1.75. The van der Waals surface area contributed by atoms with E-state index in [0.717, 1.165) is 12.8 Å². The number of alkyl halides is 1. The van der Waals surface area contributed by atoms with Crippen molar-refractivity contribution in [3.63, 3.8) is 0 Å². The normalized spacial score (nSPS) is 11.4. The summed E-state index contributed by atoms with van der Waals surface area (Å²) in [4.78, 5) is 31.3. The maximum atomic E-state index is 12.5. The van der Waals surface area contributed by atoms with Gasteiger partial charge in [0.2, 0.25) is 0 Å². The fourth-order valence-electron chi connectivity index (χ4n) is 2.97. The smallest absolute Gasteiger partial charge is 0.329 e. The number of rotatable bonds is 10. The summed E-state index contributed by atoms with van der Waals surface area (Å²) in [5.74, 6) is 1.14. The van der Waals surface area contributed by atoms with Crippen molar-refractivity contribution in [2.45, 2.75) is 24.5 Å². The Balaban J connectivity index is 1.83. The first-order valence-electron chi connectivity index (χ1n) is 9.11. The predicted octanol–water partition coefficient (Wildman–Crippen LogP) is 2.40. The van der Waals surface area contributed by atoms with Crippen LogP contribution in [0.3, 0.4) is 0 Å². The molecule has 0 bridgehead atoms. The van der Waals surface area contributed by atoms with E-state index in [0.29, 0.717) is 47.7 Å². The lowest BCUT2D eigenvalue weighted by atomic mass is 10.1. The molecule has 9 heteroatoms. The maximum absolute atomic E-state index is 12.5. The molecule has 0 amide bonds. The number of nitrogens with zero attached hydrogens (tertiary/aromatic N) is 3. The highest BCUT2D eigenvalue weighted by molar-refractivity contribution is 7.99. The Morgan fingerprint density at radius 1 is 1.21 bits per heavy atom. The number of hydrogen-bond donors (Lipinski definition) is 1. The van der Waals surface area contributed by atoms with Crippen LogP contribution in [0, 0.1) is 0 Å². The third-order valence-electron chi connectivity index (χ3n) is 4.34. The number of aromatic nitrogens is 4. The number of fused-ring (bicyclic) bond motifs is 1. The van der Waals surface area contributed by atoms with Gasteiger partial charge >= 0.3 is 5.69 Å². The van der Waals surface area contributed by atoms with Crippen molar-refractivity contribution >= 4 is 34.5 Å². The average Bonchev–Trinajstić information content (AvgIpc) is 3.06. The van der Waals surface area contributed by atoms with Crippen LogP contribution < -0.4 is 11.2 Å². The van der Waals surface area contributed by atoms with Gasteiger partial charge in [-0.2, -0.15) is 0 Å². The highest BCUT2D eigenvalue weighted by atomic mass is 35.5. The molecular formula is C19H23ClN4O3S. The highest BCUT2D eigenvalue weighted by Gasteiger charge is 2.17. The molecule has 7 nitrogen and oxygen atoms in total. The minimum Gasteiger partial charge on any atom is -0.379 e. The van der Waals surface area contributed by atoms with Gasteiger partial charge in [0.15, 0.2) is 16.3 Å². The van der Waals surface area contributed by atoms with E-state index in [-0.39, 0.29) is 0 Å². The van der Waals surface area contributed by atoms with E-state index in [1.807, 2.05) is 22.8 Å². The van der Waals surface area contributed by atoms with Crippen LogP contribution in [0.25, 0.3) is 11.2 Å². The van der Waals surface area contributed by atoms with E-state index in [2.05, 4.69) is 22.1 Å². The molecule has 0 atom stereocenters. The number of aromatic amines is 1. The summed E-state index contributed by atoms with van der Waals surface area (Å²) in [5.41, 5.74) is 1.21. The quantitative estimate of drug-likeness (QED) is 0.308. The lowest BCUT2D eigenvalue weighted by molar-refractivity contribution is 0.166. The second-order valence-corrected chi connectivity index (χ2v) is 7.72. The number of nitrogens with one attached hydrogen (secondary N) is 1. The van der Waals surface area contributed by atoms with Gasteiger partial charge in [0, 0.05) is 25.2 Å². The lowest BCUT2D eigenvalue weighted by Crippen LogP contribution is -2.29. The Morgan fingerprint density at radius 2 is 2.00 bits per heavy atom. The maximum Gasteiger partial charge on any atom is 0.329 e. The molecule has 28 heavy (non-hydrogen) atoms. The number of halogens is 1. The van der Waals surface area contributed by atoms with Crippen molar-refractivity contribution in [1.82, 2.24) is 19.1 Å². The molecule has 1 N–H and O–H groups in total. The summed E-state index contributed by atoms with van der Waals surface area (Å²) in [6.45, 7) is 1.68. The van der Waals surface area contributed by atoms with Crippen molar-refractivity contribution in [1.29, 1.82) is 0 Å². The molecule has 3 rings (SSSR count). The van der Waals surface area contributed by atoms with Crippen LogP contribution >= 0.6 is 23.4 Å². The minimum absolute atomic E-state index is 0.401. The van der Waals surface area contributed by atoms with Gasteiger partial charge in [-0.1, -0.05) is 42.1 Å². The third-order valence-corrected chi connectivity index (χ3v) is 5.44. The number of thioether (sulfide) groups is 1. The highest BCUT2D eigenvalue weighted by Crippen LogP contribution is 2.22. The zero-order valence-electron chi connectivity index (χ0n) is 15.7. The van der Waals surface area contributed by atoms with E-state index in [1.165, 1.54) is 21.9 Å². The molecule has 0 aliphatic rings. The average molecular weight is 423 g/mol. The molecule has 0 spiro atoms. The molecule has 3 aromatic rings. The fourth-order valence-corrected chi connectivity index (χ4v) is 3.95. The molecule has 0 saturated carbocycles. The first-order valence-corrected chi connectivity index (χ1v) is 10.6. The van der Waals surface area contributed by atoms with Gasteiger partial charge in [-0.25, -0.2) is 9.78 Å². The molecule has 150 valence electrons. The minimum atomic E-state index is -0.464. The molecule has 0 unspecified atom stereocenters. The Hall–Kier alpha value is -2.03. The summed E-state index contributed by atoms with van der Waals surface area (Å²) >= 11 is 7.12. The summed E-state index contributed by atoms with van der Waals surface area (Å²) < 4.78 is 8.69. The lowest BCUT2D eigenvalue weighted by Gasteiger charge is -2.09. The van der Waals surface area contributed by atoms with Crippen LogP contribution in [0.15, 0.2) is 45.1 Å². The van der Waals surface area contributed by atoms with E-state index >= 15 is 0 Å². The van der Waals surface area contributed by atoms with E-state index in [1.54, 1.807) is 7.05 Å². The first-order chi connectivity index (χ1) is 13.6. The predicted molar refractivity (Wildman–Crippen MR) is 113 cm³/mol. The SMILES string of the molecule is Cn1c(=O)[nH]c(=O)c2c1nc(SCCOCCCl)n2CCCc1ccccc1. The van der Waals surface area contributed by atoms with Crippen LogP contribution in [0.5, 0.6) is 0 Å². The Kier molecular flexibility index (Phi) is 7.36. The Bertz CT molecular complexity index is 1030. The zero-order chi connectivity index (χ0) is 19.9. The van der Waals surface area contributed by atoms with E-state index < -0.39 is 11.2 Å². The van der Waals surface area contributed by atoms with Crippen molar-refractivity contribution in [2.75, 3.05) is 24.8 Å². The van der Waals surface area contributed by atoms with Crippen molar-refractivity contribution in [3.05, 3.63) is 56.7 Å². The fraction of sp³-hybridized carbons (Fsp3) is 0.421. The van der Waals surface area contributed by atoms with Gasteiger partial charge < -0.3 is 9.30 Å². The molecule has 1 aromatic carbocycles. The molecule has 2 aromatic heterocycles. The summed E-state index contributed by atoms with van der Waals surface area (Å²) in [5, 5.41) is 0.712. The monoisotopic (exact) mass is 422 g/mol. The van der Waals surface area contributed by atoms with Crippen molar-refractivity contribution < 1.29 is 4.74 Å². The van der Waals surface area contributed by atoms with Gasteiger partial charge in [-0.05, 0) is 18.4 Å². The van der Waals surface area contributed by atoms with Crippen LogP contribution in [0.2, 0.25) is 0 Å². The van der Waals surface area contributed by atoms with Crippen LogP contribution in [-0.4, -0.2) is 43.9 Å². The van der Waals surface area contributed by atoms with Gasteiger partial charge in [0.1, 0.15) is 0 Å². The molecule has 2 heterocycles. The number of ether oxygens (including phenoxy) is 1. The molecule has 0 aliphatic heterocycles. The van der Waals surface area contributed by atoms with Crippen LogP contribution in [0.4, 0.5) is 0 Å². The molecule has 0 radical (unpaired) electrons. The standard InChI is InChI=1S/C19H23ClN4O3S/c1-23-16-15(17(25)22-18(23)26)24(10-5-8-14-6-3-2-4-7-14)19(21-16)28-13-12-27-11-9-20/h2-4,6-7H,5,8-13H2,1H3,(H,22,25,26). The Labute approximate surface area is 171 Å². The second-order valence-electron chi connectivity index (χ2n) is 6.28.